The average Bonchev–Trinajstić information content (AvgIpc) is 2.62. The van der Waals surface area contributed by atoms with Crippen LogP contribution in [0.1, 0.15) is 18.4 Å². The van der Waals surface area contributed by atoms with Crippen LogP contribution in [-0.4, -0.2) is 34.9 Å². The summed E-state index contributed by atoms with van der Waals surface area (Å²) in [5.74, 6) is 1.52. The van der Waals surface area contributed by atoms with E-state index in [1.54, 1.807) is 19.2 Å². The van der Waals surface area contributed by atoms with Gasteiger partial charge in [-0.1, -0.05) is 24.3 Å². The molecule has 5 heteroatoms. The lowest BCUT2D eigenvalue weighted by atomic mass is 9.90. The summed E-state index contributed by atoms with van der Waals surface area (Å²) < 4.78 is 29.3. The van der Waals surface area contributed by atoms with Crippen molar-refractivity contribution in [3.05, 3.63) is 54.1 Å². The predicted octanol–water partition coefficient (Wildman–Crippen LogP) is 3.56. The second-order valence-corrected chi connectivity index (χ2v) is 8.71. The van der Waals surface area contributed by atoms with E-state index in [1.165, 1.54) is 11.8 Å². The Hall–Kier alpha value is -2.01. The Morgan fingerprint density at radius 3 is 2.48 bits per heavy atom. The van der Waals surface area contributed by atoms with Crippen LogP contribution in [0.5, 0.6) is 5.75 Å². The fourth-order valence-electron chi connectivity index (χ4n) is 3.54. The highest BCUT2D eigenvalue weighted by Gasteiger charge is 2.23. The number of anilines is 1. The fourth-order valence-corrected chi connectivity index (χ4v) is 4.45. The summed E-state index contributed by atoms with van der Waals surface area (Å²) in [5, 5.41) is 0. The van der Waals surface area contributed by atoms with Gasteiger partial charge in [-0.3, -0.25) is 0 Å². The molecule has 1 aliphatic rings. The van der Waals surface area contributed by atoms with Crippen molar-refractivity contribution >= 4 is 15.5 Å². The van der Waals surface area contributed by atoms with Gasteiger partial charge in [0.2, 0.25) is 0 Å². The third-order valence-corrected chi connectivity index (χ3v) is 6.02. The van der Waals surface area contributed by atoms with Gasteiger partial charge in [-0.15, -0.1) is 0 Å². The number of piperidine rings is 1. The van der Waals surface area contributed by atoms with E-state index in [9.17, 15) is 8.42 Å². The summed E-state index contributed by atoms with van der Waals surface area (Å²) in [4.78, 5) is 2.64. The molecule has 0 atom stereocenters. The van der Waals surface area contributed by atoms with Crippen molar-refractivity contribution in [3.8, 4) is 5.75 Å². The zero-order chi connectivity index (χ0) is 17.9. The molecule has 0 aliphatic carbocycles. The molecule has 1 aliphatic heterocycles. The third-order valence-electron chi connectivity index (χ3n) is 4.88. The van der Waals surface area contributed by atoms with E-state index in [4.69, 9.17) is 4.74 Å². The first-order valence-electron chi connectivity index (χ1n) is 8.64. The second-order valence-electron chi connectivity index (χ2n) is 6.73. The highest BCUT2D eigenvalue weighted by atomic mass is 32.2. The maximum Gasteiger partial charge on any atom is 0.177 e. The Kier molecular flexibility index (Phi) is 5.33. The van der Waals surface area contributed by atoms with Gasteiger partial charge in [0.25, 0.3) is 0 Å². The number of hydrogen-bond acceptors (Lipinski definition) is 4. The summed E-state index contributed by atoms with van der Waals surface area (Å²) in [6.07, 6.45) is 4.45. The number of methoxy groups -OCH3 is 1. The molecular weight excluding hydrogens is 334 g/mol. The molecule has 0 spiro atoms. The van der Waals surface area contributed by atoms with E-state index >= 15 is 0 Å². The quantitative estimate of drug-likeness (QED) is 0.819. The van der Waals surface area contributed by atoms with Crippen molar-refractivity contribution in [2.75, 3.05) is 31.4 Å². The van der Waals surface area contributed by atoms with E-state index in [0.717, 1.165) is 43.8 Å². The molecule has 0 amide bonds. The Morgan fingerprint density at radius 2 is 1.80 bits per heavy atom. The molecule has 1 fully saturated rings. The molecule has 0 bridgehead atoms. The molecule has 3 rings (SSSR count). The summed E-state index contributed by atoms with van der Waals surface area (Å²) >= 11 is 0. The van der Waals surface area contributed by atoms with Crippen LogP contribution < -0.4 is 9.64 Å². The van der Waals surface area contributed by atoms with E-state index in [0.29, 0.717) is 10.8 Å². The highest BCUT2D eigenvalue weighted by molar-refractivity contribution is 7.90. The summed E-state index contributed by atoms with van der Waals surface area (Å²) in [5.41, 5.74) is 2.14. The molecule has 1 heterocycles. The van der Waals surface area contributed by atoms with Crippen LogP contribution in [0.2, 0.25) is 0 Å². The molecule has 2 aromatic rings. The van der Waals surface area contributed by atoms with Gasteiger partial charge in [-0.05, 0) is 55.0 Å². The van der Waals surface area contributed by atoms with Crippen molar-refractivity contribution in [3.63, 3.8) is 0 Å². The molecule has 2 aromatic carbocycles. The van der Waals surface area contributed by atoms with Crippen molar-refractivity contribution in [2.45, 2.75) is 24.2 Å². The van der Waals surface area contributed by atoms with Crippen molar-refractivity contribution in [2.24, 2.45) is 5.92 Å². The lowest BCUT2D eigenvalue weighted by Gasteiger charge is -2.34. The van der Waals surface area contributed by atoms with Gasteiger partial charge >= 0.3 is 0 Å². The summed E-state index contributed by atoms with van der Waals surface area (Å²) in [6, 6.07) is 15.6. The van der Waals surface area contributed by atoms with Crippen LogP contribution in [0, 0.1) is 5.92 Å². The monoisotopic (exact) mass is 359 g/mol. The first kappa shape index (κ1) is 17.8. The van der Waals surface area contributed by atoms with Crippen molar-refractivity contribution < 1.29 is 13.2 Å². The average molecular weight is 359 g/mol. The lowest BCUT2D eigenvalue weighted by Crippen LogP contribution is -2.35. The molecule has 4 nitrogen and oxygen atoms in total. The first-order valence-corrected chi connectivity index (χ1v) is 10.5. The second kappa shape index (κ2) is 7.48. The van der Waals surface area contributed by atoms with Gasteiger partial charge in [-0.25, -0.2) is 8.42 Å². The number of nitrogens with zero attached hydrogens (tertiary/aromatic N) is 1. The molecule has 1 saturated heterocycles. The van der Waals surface area contributed by atoms with Crippen LogP contribution in [-0.2, 0) is 16.3 Å². The van der Waals surface area contributed by atoms with Gasteiger partial charge < -0.3 is 9.64 Å². The maximum absolute atomic E-state index is 12.0. The first-order chi connectivity index (χ1) is 12.0. The molecule has 0 radical (unpaired) electrons. The standard InChI is InChI=1S/C20H25NO3S/c1-24-18-7-5-6-17(15-18)14-16-10-12-21(13-11-16)19-8-3-4-9-20(19)25(2,22)23/h3-9,15-16H,10-14H2,1-2H3. The summed E-state index contributed by atoms with van der Waals surface area (Å²) in [6.45, 7) is 1.78. The Labute approximate surface area is 150 Å². The van der Waals surface area contributed by atoms with Gasteiger partial charge in [0.15, 0.2) is 9.84 Å². The Morgan fingerprint density at radius 1 is 1.08 bits per heavy atom. The molecule has 0 aromatic heterocycles. The molecule has 0 saturated carbocycles. The molecular formula is C20H25NO3S. The smallest absolute Gasteiger partial charge is 0.177 e. The van der Waals surface area contributed by atoms with Gasteiger partial charge in [-0.2, -0.15) is 0 Å². The third kappa shape index (κ3) is 4.34. The van der Waals surface area contributed by atoms with E-state index < -0.39 is 9.84 Å². The van der Waals surface area contributed by atoms with E-state index in [-0.39, 0.29) is 0 Å². The molecule has 25 heavy (non-hydrogen) atoms. The number of sulfone groups is 1. The number of ether oxygens (including phenoxy) is 1. The minimum atomic E-state index is -3.21. The number of rotatable bonds is 5. The van der Waals surface area contributed by atoms with Crippen LogP contribution in [0.25, 0.3) is 0 Å². The number of hydrogen-bond donors (Lipinski definition) is 0. The van der Waals surface area contributed by atoms with E-state index in [2.05, 4.69) is 17.0 Å². The van der Waals surface area contributed by atoms with Gasteiger partial charge in [0.1, 0.15) is 5.75 Å². The summed E-state index contributed by atoms with van der Waals surface area (Å²) in [7, 11) is -1.52. The Balaban J connectivity index is 1.66. The maximum atomic E-state index is 12.0. The molecule has 0 N–H and O–H groups in total. The SMILES string of the molecule is COc1cccc(CC2CCN(c3ccccc3S(C)(=O)=O)CC2)c1. The van der Waals surface area contributed by atoms with Gasteiger partial charge in [0, 0.05) is 19.3 Å². The van der Waals surface area contributed by atoms with Gasteiger partial charge in [0.05, 0.1) is 17.7 Å². The van der Waals surface area contributed by atoms with E-state index in [1.807, 2.05) is 24.3 Å². The number of benzene rings is 2. The zero-order valence-corrected chi connectivity index (χ0v) is 15.6. The normalized spacial score (nSPS) is 16.0. The fraction of sp³-hybridized carbons (Fsp3) is 0.400. The number of para-hydroxylation sites is 1. The van der Waals surface area contributed by atoms with Crippen molar-refractivity contribution in [1.29, 1.82) is 0 Å². The minimum Gasteiger partial charge on any atom is -0.497 e. The predicted molar refractivity (Wildman–Crippen MR) is 101 cm³/mol. The minimum absolute atomic E-state index is 0.432. The topological polar surface area (TPSA) is 46.6 Å². The molecule has 134 valence electrons. The highest BCUT2D eigenvalue weighted by Crippen LogP contribution is 2.30. The van der Waals surface area contributed by atoms with Crippen molar-refractivity contribution in [1.82, 2.24) is 0 Å². The van der Waals surface area contributed by atoms with Crippen LogP contribution in [0.3, 0.4) is 0 Å². The lowest BCUT2D eigenvalue weighted by molar-refractivity contribution is 0.398. The molecule has 0 unspecified atom stereocenters. The Bertz CT molecular complexity index is 824. The van der Waals surface area contributed by atoms with Crippen LogP contribution in [0.4, 0.5) is 5.69 Å². The zero-order valence-electron chi connectivity index (χ0n) is 14.8. The van der Waals surface area contributed by atoms with Crippen LogP contribution in [0.15, 0.2) is 53.4 Å². The van der Waals surface area contributed by atoms with Crippen LogP contribution >= 0.6 is 0 Å². The largest absolute Gasteiger partial charge is 0.497 e.